The zero-order chi connectivity index (χ0) is 11.4. The molecule has 2 atom stereocenters. The number of amides is 1. The van der Waals surface area contributed by atoms with Crippen LogP contribution in [0.1, 0.15) is 32.6 Å². The molecule has 2 aliphatic heterocycles. The predicted molar refractivity (Wildman–Crippen MR) is 62.2 cm³/mol. The molecule has 0 aliphatic carbocycles. The Hall–Kier alpha value is -0.610. The van der Waals surface area contributed by atoms with Crippen LogP contribution in [0.3, 0.4) is 0 Å². The molecule has 92 valence electrons. The highest BCUT2D eigenvalue weighted by atomic mass is 16.5. The molecule has 2 aliphatic rings. The SMILES string of the molecule is CCC1(C(=O)NC2CCCOC2)CCNC1. The fourth-order valence-corrected chi connectivity index (χ4v) is 2.59. The summed E-state index contributed by atoms with van der Waals surface area (Å²) in [6, 6.07) is 0.227. The monoisotopic (exact) mass is 226 g/mol. The number of carbonyl (C=O) groups is 1. The van der Waals surface area contributed by atoms with Crippen molar-refractivity contribution >= 4 is 5.91 Å². The molecule has 0 aromatic heterocycles. The van der Waals surface area contributed by atoms with Gasteiger partial charge in [0.15, 0.2) is 0 Å². The molecule has 2 unspecified atom stereocenters. The number of hydrogen-bond acceptors (Lipinski definition) is 3. The van der Waals surface area contributed by atoms with Crippen LogP contribution in [-0.4, -0.2) is 38.3 Å². The fraction of sp³-hybridized carbons (Fsp3) is 0.917. The molecule has 2 fully saturated rings. The quantitative estimate of drug-likeness (QED) is 0.743. The third-order valence-corrected chi connectivity index (χ3v) is 3.90. The van der Waals surface area contributed by atoms with E-state index in [9.17, 15) is 4.79 Å². The largest absolute Gasteiger partial charge is 0.379 e. The van der Waals surface area contributed by atoms with Crippen molar-refractivity contribution in [3.8, 4) is 0 Å². The van der Waals surface area contributed by atoms with Crippen LogP contribution < -0.4 is 10.6 Å². The highest BCUT2D eigenvalue weighted by Crippen LogP contribution is 2.29. The number of nitrogens with one attached hydrogen (secondary N) is 2. The Morgan fingerprint density at radius 2 is 2.50 bits per heavy atom. The molecule has 0 aromatic rings. The zero-order valence-electron chi connectivity index (χ0n) is 10.1. The lowest BCUT2D eigenvalue weighted by Gasteiger charge is -2.30. The third-order valence-electron chi connectivity index (χ3n) is 3.90. The summed E-state index contributed by atoms with van der Waals surface area (Å²) in [5.74, 6) is 0.218. The molecule has 2 saturated heterocycles. The second-order valence-electron chi connectivity index (χ2n) is 4.95. The van der Waals surface area contributed by atoms with Crippen molar-refractivity contribution in [3.63, 3.8) is 0 Å². The van der Waals surface area contributed by atoms with Crippen LogP contribution >= 0.6 is 0 Å². The van der Waals surface area contributed by atoms with Gasteiger partial charge in [-0.2, -0.15) is 0 Å². The van der Waals surface area contributed by atoms with Gasteiger partial charge in [-0.15, -0.1) is 0 Å². The van der Waals surface area contributed by atoms with E-state index < -0.39 is 0 Å². The summed E-state index contributed by atoms with van der Waals surface area (Å²) in [5, 5.41) is 6.44. The molecule has 0 aromatic carbocycles. The number of hydrogen-bond donors (Lipinski definition) is 2. The summed E-state index contributed by atoms with van der Waals surface area (Å²) < 4.78 is 5.38. The van der Waals surface area contributed by atoms with Gasteiger partial charge in [-0.3, -0.25) is 4.79 Å². The average Bonchev–Trinajstić information content (AvgIpc) is 2.80. The molecule has 0 radical (unpaired) electrons. The van der Waals surface area contributed by atoms with Crippen LogP contribution in [0, 0.1) is 5.41 Å². The van der Waals surface area contributed by atoms with Crippen LogP contribution in [0.15, 0.2) is 0 Å². The van der Waals surface area contributed by atoms with Crippen molar-refractivity contribution in [1.82, 2.24) is 10.6 Å². The van der Waals surface area contributed by atoms with Crippen molar-refractivity contribution in [1.29, 1.82) is 0 Å². The van der Waals surface area contributed by atoms with Gasteiger partial charge in [-0.25, -0.2) is 0 Å². The van der Waals surface area contributed by atoms with E-state index in [1.807, 2.05) is 0 Å². The summed E-state index contributed by atoms with van der Waals surface area (Å²) in [4.78, 5) is 12.3. The Kier molecular flexibility index (Phi) is 3.82. The lowest BCUT2D eigenvalue weighted by Crippen LogP contribution is -2.49. The van der Waals surface area contributed by atoms with Gasteiger partial charge in [0.25, 0.3) is 0 Å². The first-order valence-corrected chi connectivity index (χ1v) is 6.36. The van der Waals surface area contributed by atoms with Crippen LogP contribution in [0.4, 0.5) is 0 Å². The molecule has 0 saturated carbocycles. The molecule has 4 nitrogen and oxygen atoms in total. The highest BCUT2D eigenvalue weighted by Gasteiger charge is 2.40. The van der Waals surface area contributed by atoms with E-state index in [1.165, 1.54) is 0 Å². The summed E-state index contributed by atoms with van der Waals surface area (Å²) in [5.41, 5.74) is -0.169. The Bertz CT molecular complexity index is 243. The Morgan fingerprint density at radius 1 is 1.62 bits per heavy atom. The van der Waals surface area contributed by atoms with Gasteiger partial charge in [0, 0.05) is 13.2 Å². The summed E-state index contributed by atoms with van der Waals surface area (Å²) >= 11 is 0. The average molecular weight is 226 g/mol. The maximum Gasteiger partial charge on any atom is 0.227 e. The molecule has 2 N–H and O–H groups in total. The molecule has 2 rings (SSSR count). The zero-order valence-corrected chi connectivity index (χ0v) is 10.1. The molecule has 16 heavy (non-hydrogen) atoms. The molecular weight excluding hydrogens is 204 g/mol. The van der Waals surface area contributed by atoms with Crippen LogP contribution in [0.2, 0.25) is 0 Å². The highest BCUT2D eigenvalue weighted by molar-refractivity contribution is 5.83. The minimum atomic E-state index is -0.169. The smallest absolute Gasteiger partial charge is 0.227 e. The van der Waals surface area contributed by atoms with Gasteiger partial charge in [-0.1, -0.05) is 6.92 Å². The van der Waals surface area contributed by atoms with Gasteiger partial charge in [0.05, 0.1) is 18.1 Å². The first kappa shape index (κ1) is 11.9. The van der Waals surface area contributed by atoms with Gasteiger partial charge < -0.3 is 15.4 Å². The summed E-state index contributed by atoms with van der Waals surface area (Å²) in [7, 11) is 0. The van der Waals surface area contributed by atoms with Gasteiger partial charge in [-0.05, 0) is 32.2 Å². The van der Waals surface area contributed by atoms with E-state index in [4.69, 9.17) is 4.74 Å². The van der Waals surface area contributed by atoms with Crippen LogP contribution in [-0.2, 0) is 9.53 Å². The maximum absolute atomic E-state index is 12.3. The molecule has 2 heterocycles. The maximum atomic E-state index is 12.3. The summed E-state index contributed by atoms with van der Waals surface area (Å²) in [6.45, 7) is 5.40. The summed E-state index contributed by atoms with van der Waals surface area (Å²) in [6.07, 6.45) is 3.99. The van der Waals surface area contributed by atoms with Crippen LogP contribution in [0.25, 0.3) is 0 Å². The Morgan fingerprint density at radius 3 is 3.06 bits per heavy atom. The van der Waals surface area contributed by atoms with Gasteiger partial charge in [0.1, 0.15) is 0 Å². The second kappa shape index (κ2) is 5.15. The minimum absolute atomic E-state index is 0.169. The lowest BCUT2D eigenvalue weighted by molar-refractivity contribution is -0.132. The van der Waals surface area contributed by atoms with Crippen molar-refractivity contribution < 1.29 is 9.53 Å². The Balaban J connectivity index is 1.90. The Labute approximate surface area is 97.1 Å². The van der Waals surface area contributed by atoms with E-state index in [0.717, 1.165) is 45.4 Å². The van der Waals surface area contributed by atoms with Crippen LogP contribution in [0.5, 0.6) is 0 Å². The van der Waals surface area contributed by atoms with E-state index in [2.05, 4.69) is 17.6 Å². The number of ether oxygens (including phenoxy) is 1. The van der Waals surface area contributed by atoms with E-state index in [-0.39, 0.29) is 17.4 Å². The van der Waals surface area contributed by atoms with Crippen molar-refractivity contribution in [2.75, 3.05) is 26.3 Å². The number of rotatable bonds is 3. The molecule has 0 spiro atoms. The van der Waals surface area contributed by atoms with E-state index in [1.54, 1.807) is 0 Å². The molecular formula is C12H22N2O2. The number of carbonyl (C=O) groups excluding carboxylic acids is 1. The fourth-order valence-electron chi connectivity index (χ4n) is 2.59. The normalized spacial score (nSPS) is 34.9. The van der Waals surface area contributed by atoms with Gasteiger partial charge in [0.2, 0.25) is 5.91 Å². The van der Waals surface area contributed by atoms with Crippen molar-refractivity contribution in [2.24, 2.45) is 5.41 Å². The molecule has 1 amide bonds. The minimum Gasteiger partial charge on any atom is -0.379 e. The lowest BCUT2D eigenvalue weighted by atomic mass is 9.83. The van der Waals surface area contributed by atoms with Crippen molar-refractivity contribution in [3.05, 3.63) is 0 Å². The second-order valence-corrected chi connectivity index (χ2v) is 4.95. The van der Waals surface area contributed by atoms with E-state index >= 15 is 0 Å². The predicted octanol–water partition coefficient (Wildman–Crippen LogP) is 0.671. The topological polar surface area (TPSA) is 50.4 Å². The van der Waals surface area contributed by atoms with Gasteiger partial charge >= 0.3 is 0 Å². The molecule has 4 heteroatoms. The third kappa shape index (κ3) is 2.38. The van der Waals surface area contributed by atoms with E-state index in [0.29, 0.717) is 6.61 Å². The van der Waals surface area contributed by atoms with Crippen molar-refractivity contribution in [2.45, 2.75) is 38.6 Å². The first-order valence-electron chi connectivity index (χ1n) is 6.36. The first-order chi connectivity index (χ1) is 7.77. The standard InChI is InChI=1S/C12H22N2O2/c1-2-12(5-6-13-9-12)11(15)14-10-4-3-7-16-8-10/h10,13H,2-9H2,1H3,(H,14,15). The molecule has 0 bridgehead atoms.